The van der Waals surface area contributed by atoms with Crippen LogP contribution in [0.3, 0.4) is 0 Å². The molecule has 2 rings (SSSR count). The Hall–Kier alpha value is -2.17. The second kappa shape index (κ2) is 7.40. The average molecular weight is 331 g/mol. The molecule has 1 heterocycles. The van der Waals surface area contributed by atoms with Gasteiger partial charge in [0.1, 0.15) is 10.8 Å². The van der Waals surface area contributed by atoms with Gasteiger partial charge in [-0.1, -0.05) is 54.1 Å². The van der Waals surface area contributed by atoms with E-state index in [-0.39, 0.29) is 17.5 Å². The lowest BCUT2D eigenvalue weighted by atomic mass is 9.88. The largest absolute Gasteiger partial charge is 0.379 e. The Morgan fingerprint density at radius 2 is 2.04 bits per heavy atom. The van der Waals surface area contributed by atoms with Crippen molar-refractivity contribution in [1.82, 2.24) is 10.3 Å². The molecular formula is C18H19ClN2O2. The molecule has 23 heavy (non-hydrogen) atoms. The number of hydrogen-bond acceptors (Lipinski definition) is 3. The predicted octanol–water partition coefficient (Wildman–Crippen LogP) is 2.84. The van der Waals surface area contributed by atoms with Gasteiger partial charge in [-0.3, -0.25) is 4.79 Å². The minimum atomic E-state index is -1.35. The Morgan fingerprint density at radius 1 is 1.35 bits per heavy atom. The third-order valence-corrected chi connectivity index (χ3v) is 3.75. The van der Waals surface area contributed by atoms with E-state index in [0.717, 1.165) is 0 Å². The highest BCUT2D eigenvalue weighted by Crippen LogP contribution is 2.31. The van der Waals surface area contributed by atoms with Crippen LogP contribution >= 0.6 is 11.6 Å². The molecule has 4 nitrogen and oxygen atoms in total. The Bertz CT molecular complexity index is 699. The van der Waals surface area contributed by atoms with Gasteiger partial charge >= 0.3 is 0 Å². The molecule has 1 unspecified atom stereocenters. The van der Waals surface area contributed by atoms with E-state index in [1.165, 1.54) is 0 Å². The summed E-state index contributed by atoms with van der Waals surface area (Å²) in [6.07, 6.45) is 1.72. The minimum absolute atomic E-state index is 0.107. The lowest BCUT2D eigenvalue weighted by Gasteiger charge is -2.26. The van der Waals surface area contributed by atoms with Crippen LogP contribution in [0.1, 0.15) is 23.7 Å². The van der Waals surface area contributed by atoms with Gasteiger partial charge in [0.15, 0.2) is 0 Å². The quantitative estimate of drug-likeness (QED) is 0.632. The van der Waals surface area contributed by atoms with E-state index in [2.05, 4.69) is 16.9 Å². The number of rotatable bonds is 6. The summed E-state index contributed by atoms with van der Waals surface area (Å²) in [6.45, 7) is 5.60. The predicted molar refractivity (Wildman–Crippen MR) is 91.3 cm³/mol. The Morgan fingerprint density at radius 3 is 2.70 bits per heavy atom. The lowest BCUT2D eigenvalue weighted by molar-refractivity contribution is -0.120. The summed E-state index contributed by atoms with van der Waals surface area (Å²) in [5.74, 6) is -0.167. The average Bonchev–Trinajstić information content (AvgIpc) is 2.55. The zero-order valence-electron chi connectivity index (χ0n) is 12.9. The van der Waals surface area contributed by atoms with Crippen LogP contribution in [0.2, 0.25) is 5.15 Å². The van der Waals surface area contributed by atoms with Crippen molar-refractivity contribution in [3.63, 3.8) is 0 Å². The molecule has 0 bridgehead atoms. The molecule has 0 aliphatic carbocycles. The van der Waals surface area contributed by atoms with Crippen molar-refractivity contribution < 1.29 is 9.90 Å². The number of aromatic nitrogens is 1. The number of hydrogen-bond donors (Lipinski definition) is 2. The monoisotopic (exact) mass is 330 g/mol. The number of benzene rings is 1. The highest BCUT2D eigenvalue weighted by molar-refractivity contribution is 6.29. The number of nitrogens with one attached hydrogen (secondary N) is 1. The van der Waals surface area contributed by atoms with Crippen molar-refractivity contribution in [1.29, 1.82) is 0 Å². The molecule has 5 heteroatoms. The number of aliphatic hydroxyl groups is 1. The molecule has 1 aromatic carbocycles. The molecular weight excluding hydrogens is 312 g/mol. The van der Waals surface area contributed by atoms with Gasteiger partial charge in [0, 0.05) is 6.54 Å². The van der Waals surface area contributed by atoms with Gasteiger partial charge in [-0.25, -0.2) is 4.98 Å². The van der Waals surface area contributed by atoms with E-state index in [9.17, 15) is 9.90 Å². The maximum Gasteiger partial charge on any atom is 0.224 e. The molecule has 2 aromatic rings. The molecule has 2 N–H and O–H groups in total. The number of carbonyl (C=O) groups is 1. The molecule has 0 aliphatic rings. The fourth-order valence-corrected chi connectivity index (χ4v) is 2.50. The summed E-state index contributed by atoms with van der Waals surface area (Å²) in [5.41, 5.74) is 0.345. The van der Waals surface area contributed by atoms with Gasteiger partial charge in [0.2, 0.25) is 5.91 Å². The summed E-state index contributed by atoms with van der Waals surface area (Å²) in [4.78, 5) is 16.2. The molecule has 120 valence electrons. The molecule has 0 radical (unpaired) electrons. The van der Waals surface area contributed by atoms with Crippen LogP contribution in [0.15, 0.2) is 55.1 Å². The summed E-state index contributed by atoms with van der Waals surface area (Å²) in [6, 6.07) is 12.5. The van der Waals surface area contributed by atoms with Crippen LogP contribution in [0.25, 0.3) is 0 Å². The zero-order valence-corrected chi connectivity index (χ0v) is 13.7. The van der Waals surface area contributed by atoms with Gasteiger partial charge in [-0.05, 0) is 24.1 Å². The van der Waals surface area contributed by atoms with E-state index in [4.69, 9.17) is 11.6 Å². The number of halogens is 1. The third-order valence-electron chi connectivity index (χ3n) is 3.54. The van der Waals surface area contributed by atoms with E-state index in [0.29, 0.717) is 23.4 Å². The smallest absolute Gasteiger partial charge is 0.224 e. The van der Waals surface area contributed by atoms with Crippen LogP contribution in [0.4, 0.5) is 0 Å². The highest BCUT2D eigenvalue weighted by atomic mass is 35.5. The third kappa shape index (κ3) is 4.18. The van der Waals surface area contributed by atoms with Crippen molar-refractivity contribution in [3.05, 3.63) is 77.1 Å². The fraction of sp³-hybridized carbons (Fsp3) is 0.222. The molecule has 0 spiro atoms. The second-order valence-electron chi connectivity index (χ2n) is 5.35. The van der Waals surface area contributed by atoms with Crippen LogP contribution in [0, 0.1) is 0 Å². The topological polar surface area (TPSA) is 62.2 Å². The molecule has 0 fully saturated rings. The standard InChI is InChI=1S/C18H19ClN2O2/c1-3-11-20-16(22)12-13-9-10-15(19)21-17(13)18(2,23)14-7-5-4-6-8-14/h3-10,23H,1,11-12H2,2H3,(H,20,22). The number of amides is 1. The van der Waals surface area contributed by atoms with Gasteiger partial charge in [-0.2, -0.15) is 0 Å². The highest BCUT2D eigenvalue weighted by Gasteiger charge is 2.30. The molecule has 1 atom stereocenters. The Balaban J connectivity index is 2.39. The van der Waals surface area contributed by atoms with E-state index in [1.54, 1.807) is 25.1 Å². The fourth-order valence-electron chi connectivity index (χ4n) is 2.35. The van der Waals surface area contributed by atoms with Crippen molar-refractivity contribution in [2.24, 2.45) is 0 Å². The summed E-state index contributed by atoms with van der Waals surface area (Å²) >= 11 is 5.99. The molecule has 1 amide bonds. The van der Waals surface area contributed by atoms with Gasteiger partial charge < -0.3 is 10.4 Å². The van der Waals surface area contributed by atoms with E-state index < -0.39 is 5.60 Å². The maximum atomic E-state index is 12.0. The molecule has 1 aromatic heterocycles. The van der Waals surface area contributed by atoms with E-state index in [1.807, 2.05) is 30.3 Å². The normalized spacial score (nSPS) is 13.2. The van der Waals surface area contributed by atoms with Gasteiger partial charge in [0.25, 0.3) is 0 Å². The molecule has 0 saturated carbocycles. The van der Waals surface area contributed by atoms with Crippen LogP contribution in [-0.4, -0.2) is 22.5 Å². The van der Waals surface area contributed by atoms with Crippen molar-refractivity contribution in [3.8, 4) is 0 Å². The van der Waals surface area contributed by atoms with Gasteiger partial charge in [0.05, 0.1) is 12.1 Å². The van der Waals surface area contributed by atoms with Crippen LogP contribution in [-0.2, 0) is 16.8 Å². The lowest BCUT2D eigenvalue weighted by Crippen LogP contribution is -2.30. The minimum Gasteiger partial charge on any atom is -0.379 e. The maximum absolute atomic E-state index is 12.0. The number of carbonyl (C=O) groups excluding carboxylic acids is 1. The summed E-state index contributed by atoms with van der Waals surface area (Å²) in [5, 5.41) is 14.0. The molecule has 0 aliphatic heterocycles. The Labute approximate surface area is 140 Å². The first kappa shape index (κ1) is 17.2. The first-order valence-corrected chi connectivity index (χ1v) is 7.64. The summed E-state index contributed by atoms with van der Waals surface area (Å²) in [7, 11) is 0. The van der Waals surface area contributed by atoms with E-state index >= 15 is 0 Å². The zero-order chi connectivity index (χ0) is 16.9. The van der Waals surface area contributed by atoms with Crippen molar-refractivity contribution in [2.75, 3.05) is 6.54 Å². The SMILES string of the molecule is C=CCNC(=O)Cc1ccc(Cl)nc1C(C)(O)c1ccccc1. The second-order valence-corrected chi connectivity index (χ2v) is 5.74. The number of pyridine rings is 1. The van der Waals surface area contributed by atoms with Crippen molar-refractivity contribution >= 4 is 17.5 Å². The first-order valence-electron chi connectivity index (χ1n) is 7.26. The van der Waals surface area contributed by atoms with Gasteiger partial charge in [-0.15, -0.1) is 6.58 Å². The summed E-state index contributed by atoms with van der Waals surface area (Å²) < 4.78 is 0. The number of nitrogens with zero attached hydrogens (tertiary/aromatic N) is 1. The van der Waals surface area contributed by atoms with Crippen LogP contribution in [0.5, 0.6) is 0 Å². The molecule has 0 saturated heterocycles. The van der Waals surface area contributed by atoms with Crippen LogP contribution < -0.4 is 5.32 Å². The first-order chi connectivity index (χ1) is 10.9. The Kier molecular flexibility index (Phi) is 5.53. The van der Waals surface area contributed by atoms with Crippen molar-refractivity contribution in [2.45, 2.75) is 18.9 Å².